The first-order valence-electron chi connectivity index (χ1n) is 7.06. The van der Waals surface area contributed by atoms with Gasteiger partial charge in [0.15, 0.2) is 0 Å². The van der Waals surface area contributed by atoms with Crippen LogP contribution in [0.25, 0.3) is 0 Å². The van der Waals surface area contributed by atoms with Gasteiger partial charge in [0.25, 0.3) is 5.91 Å². The number of carbonyl (C=O) groups is 2. The molecule has 2 rings (SSSR count). The second-order valence-corrected chi connectivity index (χ2v) is 4.73. The van der Waals surface area contributed by atoms with Crippen molar-refractivity contribution in [2.75, 3.05) is 13.6 Å². The molecule has 0 spiro atoms. The van der Waals surface area contributed by atoms with E-state index in [1.165, 1.54) is 6.08 Å². The molecule has 2 amide bonds. The van der Waals surface area contributed by atoms with Crippen LogP contribution < -0.4 is 10.6 Å². The van der Waals surface area contributed by atoms with E-state index in [-0.39, 0.29) is 11.8 Å². The zero-order chi connectivity index (χ0) is 15.8. The monoisotopic (exact) mass is 297 g/mol. The Kier molecular flexibility index (Phi) is 5.54. The van der Waals surface area contributed by atoms with Crippen LogP contribution in [0.4, 0.5) is 0 Å². The molecule has 0 aliphatic carbocycles. The summed E-state index contributed by atoms with van der Waals surface area (Å²) >= 11 is 0. The summed E-state index contributed by atoms with van der Waals surface area (Å²) in [7, 11) is 1.56. The van der Waals surface area contributed by atoms with Crippen LogP contribution >= 0.6 is 0 Å². The summed E-state index contributed by atoms with van der Waals surface area (Å²) in [6.07, 6.45) is 4.88. The van der Waals surface area contributed by atoms with E-state index < -0.39 is 0 Å². The van der Waals surface area contributed by atoms with E-state index in [0.29, 0.717) is 18.8 Å². The van der Waals surface area contributed by atoms with Gasteiger partial charge in [-0.1, -0.05) is 36.4 Å². The second-order valence-electron chi connectivity index (χ2n) is 4.73. The fourth-order valence-corrected chi connectivity index (χ4v) is 2.03. The van der Waals surface area contributed by atoms with Crippen LogP contribution in [0.1, 0.15) is 16.1 Å². The van der Waals surface area contributed by atoms with Crippen molar-refractivity contribution >= 4 is 11.8 Å². The molecule has 22 heavy (non-hydrogen) atoms. The van der Waals surface area contributed by atoms with Crippen LogP contribution in [0.3, 0.4) is 0 Å². The summed E-state index contributed by atoms with van der Waals surface area (Å²) in [5.41, 5.74) is 1.73. The number of rotatable bonds is 6. The lowest BCUT2D eigenvalue weighted by molar-refractivity contribution is -0.116. The third kappa shape index (κ3) is 4.34. The summed E-state index contributed by atoms with van der Waals surface area (Å²) in [5, 5.41) is 5.24. The maximum atomic E-state index is 12.2. The van der Waals surface area contributed by atoms with Gasteiger partial charge in [-0.3, -0.25) is 9.59 Å². The van der Waals surface area contributed by atoms with Gasteiger partial charge in [0.05, 0.1) is 0 Å². The van der Waals surface area contributed by atoms with Crippen LogP contribution in [-0.2, 0) is 11.3 Å². The highest BCUT2D eigenvalue weighted by Crippen LogP contribution is 2.07. The van der Waals surface area contributed by atoms with Gasteiger partial charge in [0.2, 0.25) is 5.91 Å². The van der Waals surface area contributed by atoms with E-state index in [0.717, 1.165) is 5.56 Å². The van der Waals surface area contributed by atoms with Gasteiger partial charge < -0.3 is 15.2 Å². The average Bonchev–Trinajstić information content (AvgIpc) is 3.00. The molecule has 0 aliphatic heterocycles. The predicted molar refractivity (Wildman–Crippen MR) is 85.5 cm³/mol. The minimum absolute atomic E-state index is 0.164. The smallest absolute Gasteiger partial charge is 0.268 e. The summed E-state index contributed by atoms with van der Waals surface area (Å²) in [6.45, 7) is 0.952. The quantitative estimate of drug-likeness (QED) is 0.795. The maximum Gasteiger partial charge on any atom is 0.268 e. The van der Waals surface area contributed by atoms with E-state index in [1.54, 1.807) is 19.2 Å². The molecule has 114 valence electrons. The van der Waals surface area contributed by atoms with Gasteiger partial charge in [-0.15, -0.1) is 0 Å². The molecule has 1 aromatic heterocycles. The number of nitrogens with one attached hydrogen (secondary N) is 2. The van der Waals surface area contributed by atoms with Crippen LogP contribution in [-0.4, -0.2) is 30.0 Å². The highest BCUT2D eigenvalue weighted by Gasteiger charge is 2.09. The minimum atomic E-state index is -0.193. The van der Waals surface area contributed by atoms with Gasteiger partial charge in [0.1, 0.15) is 5.69 Å². The summed E-state index contributed by atoms with van der Waals surface area (Å²) in [5.74, 6) is -0.357. The van der Waals surface area contributed by atoms with Crippen molar-refractivity contribution in [1.29, 1.82) is 0 Å². The van der Waals surface area contributed by atoms with E-state index in [1.807, 2.05) is 47.2 Å². The average molecular weight is 297 g/mol. The Morgan fingerprint density at radius 2 is 1.91 bits per heavy atom. The second kappa shape index (κ2) is 7.83. The van der Waals surface area contributed by atoms with Gasteiger partial charge in [-0.2, -0.15) is 0 Å². The molecule has 0 saturated heterocycles. The number of carbonyl (C=O) groups excluding carboxylic acids is 2. The zero-order valence-electron chi connectivity index (χ0n) is 12.5. The Hall–Kier alpha value is -2.82. The molecule has 5 nitrogen and oxygen atoms in total. The number of nitrogens with zero attached hydrogens (tertiary/aromatic N) is 1. The Labute approximate surface area is 129 Å². The maximum absolute atomic E-state index is 12.2. The lowest BCUT2D eigenvalue weighted by Gasteiger charge is -2.09. The molecule has 5 heteroatoms. The number of hydrogen-bond donors (Lipinski definition) is 2. The number of likely N-dealkylation sites (N-methyl/N-ethyl adjacent to an activating group) is 1. The largest absolute Gasteiger partial charge is 0.356 e. The lowest BCUT2D eigenvalue weighted by atomic mass is 10.2. The fraction of sp³-hybridized carbons (Fsp3) is 0.176. The normalized spacial score (nSPS) is 10.6. The highest BCUT2D eigenvalue weighted by atomic mass is 16.2. The topological polar surface area (TPSA) is 63.1 Å². The van der Waals surface area contributed by atoms with Gasteiger partial charge >= 0.3 is 0 Å². The summed E-state index contributed by atoms with van der Waals surface area (Å²) in [6, 6.07) is 13.6. The minimum Gasteiger partial charge on any atom is -0.356 e. The fourth-order valence-electron chi connectivity index (χ4n) is 2.03. The lowest BCUT2D eigenvalue weighted by Crippen LogP contribution is -2.26. The number of benzene rings is 1. The van der Waals surface area contributed by atoms with Gasteiger partial charge in [-0.25, -0.2) is 0 Å². The van der Waals surface area contributed by atoms with Crippen LogP contribution in [0.2, 0.25) is 0 Å². The first-order chi connectivity index (χ1) is 10.7. The molecule has 0 fully saturated rings. The number of aromatic nitrogens is 1. The molecule has 0 bridgehead atoms. The SMILES string of the molecule is CNC(=O)C=CCNC(=O)c1cccn1Cc1ccccc1. The van der Waals surface area contributed by atoms with Gasteiger partial charge in [-0.05, 0) is 17.7 Å². The van der Waals surface area contributed by atoms with Crippen LogP contribution in [0, 0.1) is 0 Å². The Morgan fingerprint density at radius 1 is 1.14 bits per heavy atom. The highest BCUT2D eigenvalue weighted by molar-refractivity contribution is 5.93. The number of hydrogen-bond acceptors (Lipinski definition) is 2. The van der Waals surface area contributed by atoms with Crippen molar-refractivity contribution in [2.24, 2.45) is 0 Å². The molecule has 0 aliphatic rings. The van der Waals surface area contributed by atoms with Crippen molar-refractivity contribution in [1.82, 2.24) is 15.2 Å². The predicted octanol–water partition coefficient (Wildman–Crippen LogP) is 1.57. The Morgan fingerprint density at radius 3 is 2.64 bits per heavy atom. The summed E-state index contributed by atoms with van der Waals surface area (Å²) < 4.78 is 1.90. The molecule has 1 heterocycles. The van der Waals surface area contributed by atoms with Gasteiger partial charge in [0, 0.05) is 32.4 Å². The standard InChI is InChI=1S/C17H19N3O2/c1-18-16(21)10-5-11-19-17(22)15-9-6-12-20(15)13-14-7-3-2-4-8-14/h2-10,12H,11,13H2,1H3,(H,18,21)(H,19,22). The van der Waals surface area contributed by atoms with Crippen LogP contribution in [0.5, 0.6) is 0 Å². The third-order valence-electron chi connectivity index (χ3n) is 3.15. The molecule has 0 saturated carbocycles. The van der Waals surface area contributed by atoms with Crippen molar-refractivity contribution in [3.8, 4) is 0 Å². The first-order valence-corrected chi connectivity index (χ1v) is 7.06. The molecule has 0 atom stereocenters. The van der Waals surface area contributed by atoms with Crippen molar-refractivity contribution in [3.05, 3.63) is 72.1 Å². The molecule has 0 radical (unpaired) electrons. The van der Waals surface area contributed by atoms with Crippen molar-refractivity contribution in [2.45, 2.75) is 6.54 Å². The zero-order valence-corrected chi connectivity index (χ0v) is 12.5. The number of amides is 2. The molecule has 2 aromatic rings. The molecular formula is C17H19N3O2. The third-order valence-corrected chi connectivity index (χ3v) is 3.15. The Bertz CT molecular complexity index is 660. The first kappa shape index (κ1) is 15.6. The molecule has 1 aromatic carbocycles. The van der Waals surface area contributed by atoms with E-state index in [9.17, 15) is 9.59 Å². The van der Waals surface area contributed by atoms with E-state index >= 15 is 0 Å². The molecule has 2 N–H and O–H groups in total. The van der Waals surface area contributed by atoms with E-state index in [4.69, 9.17) is 0 Å². The van der Waals surface area contributed by atoms with Crippen molar-refractivity contribution < 1.29 is 9.59 Å². The summed E-state index contributed by atoms with van der Waals surface area (Å²) in [4.78, 5) is 23.2. The van der Waals surface area contributed by atoms with Crippen molar-refractivity contribution in [3.63, 3.8) is 0 Å². The Balaban J connectivity index is 1.95. The molecular weight excluding hydrogens is 278 g/mol. The van der Waals surface area contributed by atoms with Crippen LogP contribution in [0.15, 0.2) is 60.8 Å². The molecule has 0 unspecified atom stereocenters. The van der Waals surface area contributed by atoms with E-state index in [2.05, 4.69) is 10.6 Å².